The number of nitrogens with two attached hydrogens (primary N) is 1. The average Bonchev–Trinajstić information content (AvgIpc) is 1.77. The maximum absolute atomic E-state index is 15.0. The normalized spacial score (nSPS) is 23.9. The number of allylic oxidation sites excluding steroid dienone is 1. The van der Waals surface area contributed by atoms with Gasteiger partial charge in [0.15, 0.2) is 11.9 Å². The van der Waals surface area contributed by atoms with Crippen molar-refractivity contribution in [2.75, 3.05) is 20.7 Å². The van der Waals surface area contributed by atoms with Crippen molar-refractivity contribution in [2.24, 2.45) is 5.73 Å². The predicted molar refractivity (Wildman–Crippen MR) is 349 cm³/mol. The van der Waals surface area contributed by atoms with Crippen molar-refractivity contribution in [3.05, 3.63) is 124 Å². The van der Waals surface area contributed by atoms with E-state index < -0.39 is 126 Å². The Hall–Kier alpha value is -9.10. The number of hydrogen-bond donors (Lipinski definition) is 10. The molecule has 34 heteroatoms. The van der Waals surface area contributed by atoms with E-state index in [4.69, 9.17) is 39.6 Å². The van der Waals surface area contributed by atoms with Crippen LogP contribution in [0.3, 0.4) is 0 Å². The number of pyridine rings is 1. The number of aliphatic hydroxyl groups is 2. The molecule has 0 unspecified atom stereocenters. The van der Waals surface area contributed by atoms with Crippen molar-refractivity contribution in [3.63, 3.8) is 0 Å². The van der Waals surface area contributed by atoms with E-state index in [2.05, 4.69) is 53.1 Å². The molecule has 1 saturated heterocycles. The third-order valence-corrected chi connectivity index (χ3v) is 20.3. The van der Waals surface area contributed by atoms with Gasteiger partial charge in [0.1, 0.15) is 102 Å². The van der Waals surface area contributed by atoms with Crippen LogP contribution in [0.5, 0.6) is 5.75 Å². The Morgan fingerprint density at radius 3 is 2.16 bits per heavy atom. The third kappa shape index (κ3) is 14.0. The molecule has 12 bridgehead atoms. The van der Waals surface area contributed by atoms with Gasteiger partial charge in [-0.3, -0.25) is 28.8 Å². The van der Waals surface area contributed by atoms with E-state index in [1.165, 1.54) is 40.6 Å². The number of rotatable bonds is 8. The summed E-state index contributed by atoms with van der Waals surface area (Å²) in [4.78, 5) is 145. The number of carbonyl (C=O) groups is 8. The Morgan fingerprint density at radius 2 is 1.47 bits per heavy atom. The van der Waals surface area contributed by atoms with Gasteiger partial charge in [-0.2, -0.15) is 0 Å². The number of aliphatic hydroxyl groups excluding tert-OH is 1. The Kier molecular flexibility index (Phi) is 19.1. The summed E-state index contributed by atoms with van der Waals surface area (Å²) in [6, 6.07) is 1.77. The highest BCUT2D eigenvalue weighted by Crippen LogP contribution is 2.43. The van der Waals surface area contributed by atoms with E-state index in [0.717, 1.165) is 56.7 Å². The number of benzene rings is 1. The summed E-state index contributed by atoms with van der Waals surface area (Å²) in [5, 5.41) is 56.2. The summed E-state index contributed by atoms with van der Waals surface area (Å²) in [5.74, 6) is -9.11. The zero-order valence-electron chi connectivity index (χ0n) is 51.8. The van der Waals surface area contributed by atoms with E-state index in [-0.39, 0.29) is 94.9 Å². The Morgan fingerprint density at radius 1 is 0.842 bits per heavy atom. The van der Waals surface area contributed by atoms with E-state index in [0.29, 0.717) is 22.0 Å². The number of nitrogens with one attached hydrogen (secondary N) is 6. The molecule has 10 heterocycles. The van der Waals surface area contributed by atoms with Crippen LogP contribution in [0.25, 0.3) is 49.3 Å². The van der Waals surface area contributed by atoms with Crippen LogP contribution in [0.1, 0.15) is 138 Å². The quantitative estimate of drug-likeness (QED) is 0.0672. The molecule has 9 atom stereocenters. The number of aryl methyl sites for hydroxylation is 1. The number of carbonyl (C=O) groups excluding carboxylic acids is 8. The second-order valence-electron chi connectivity index (χ2n) is 23.2. The highest BCUT2D eigenvalue weighted by atomic mass is 32.1. The minimum atomic E-state index is -1.67. The number of hydrogen-bond acceptors (Lipinski definition) is 27. The summed E-state index contributed by atoms with van der Waals surface area (Å²) in [6.45, 7) is 12.1. The van der Waals surface area contributed by atoms with Crippen LogP contribution in [-0.4, -0.2) is 165 Å². The molecule has 1 fully saturated rings. The molecule has 8 aromatic rings. The average molecular weight is 1390 g/mol. The van der Waals surface area contributed by atoms with Gasteiger partial charge in [0.2, 0.25) is 5.91 Å². The third-order valence-electron chi connectivity index (χ3n) is 15.7. The monoisotopic (exact) mass is 1390 g/mol. The first-order chi connectivity index (χ1) is 45.1. The number of aromatic hydroxyl groups is 1. The molecule has 0 aliphatic carbocycles. The van der Waals surface area contributed by atoms with Crippen LogP contribution < -0.4 is 32.3 Å². The highest BCUT2D eigenvalue weighted by molar-refractivity contribution is 7.14. The number of nitrogens with zero attached hydrogens (tertiary/aromatic N) is 7. The molecule has 496 valence electrons. The first-order valence-corrected chi connectivity index (χ1v) is 33.6. The molecule has 11 rings (SSSR count). The molecule has 0 spiro atoms. The first-order valence-electron chi connectivity index (χ1n) is 29.2. The molecule has 11 N–H and O–H groups in total. The minimum Gasteiger partial charge on any atom is -0.506 e. The fourth-order valence-corrected chi connectivity index (χ4v) is 15.8. The van der Waals surface area contributed by atoms with Crippen LogP contribution in [0.15, 0.2) is 69.5 Å². The van der Waals surface area contributed by atoms with Crippen LogP contribution in [-0.2, 0) is 39.9 Å². The number of amides is 6. The predicted octanol–water partition coefficient (Wildman–Crippen LogP) is 5.40. The molecule has 0 saturated carbocycles. The summed E-state index contributed by atoms with van der Waals surface area (Å²) in [5.41, 5.74) is 4.27. The van der Waals surface area contributed by atoms with Crippen LogP contribution in [0.4, 0.5) is 0 Å². The van der Waals surface area contributed by atoms with Crippen molar-refractivity contribution >= 4 is 121 Å². The number of cyclic esters (lactones) is 2. The lowest BCUT2D eigenvalue weighted by atomic mass is 9.82. The minimum absolute atomic E-state index is 0.0176. The topological polar surface area (TPSA) is 417 Å². The zero-order chi connectivity index (χ0) is 68.1. The number of aromatic amines is 1. The molecule has 29 nitrogen and oxygen atoms in total. The molecule has 3 aliphatic heterocycles. The summed E-state index contributed by atoms with van der Waals surface area (Å²) in [7, 11) is 3.60. The lowest BCUT2D eigenvalue weighted by molar-refractivity contribution is -0.327. The molecule has 7 aromatic heterocycles. The van der Waals surface area contributed by atoms with Gasteiger partial charge in [-0.1, -0.05) is 24.8 Å². The number of H-pyrrole nitrogens is 1. The largest absolute Gasteiger partial charge is 0.506 e. The molecule has 3 aliphatic rings. The van der Waals surface area contributed by atoms with E-state index in [1.807, 2.05) is 4.90 Å². The van der Waals surface area contributed by atoms with Crippen molar-refractivity contribution in [3.8, 4) is 38.4 Å². The smallest absolute Gasteiger partial charge is 0.355 e. The van der Waals surface area contributed by atoms with Crippen molar-refractivity contribution in [2.45, 2.75) is 115 Å². The van der Waals surface area contributed by atoms with Crippen molar-refractivity contribution in [1.82, 2.24) is 66.4 Å². The zero-order valence-corrected chi connectivity index (χ0v) is 55.9. The second kappa shape index (κ2) is 27.0. The first kappa shape index (κ1) is 67.3. The number of aromatic nitrogens is 7. The SMILES string of the molecule is C=C(NC(=O)c1csc(-c2nc3c(cc2O)-c2nc(cs2)C(=O)N[C@@H]([C@@H](C)O)C(=O)N/C(=C\C)c2nc(cs2)C(=O)N[C@H]2C[C@H](O[C@@]4(C)C[C@](C)(O)[C@H](N(C)C)[C@H](C)O4)C(=O)OCc4cccc5[nH]c(c(C)c45)C(=O)OC[C@H](NC(=O)c4csc2n4)c2nc-3cs2)n1)C(N)=O. The van der Waals surface area contributed by atoms with Crippen LogP contribution >= 0.6 is 56.7 Å². The Balaban J connectivity index is 1.06. The highest BCUT2D eigenvalue weighted by Gasteiger charge is 2.53. The lowest BCUT2D eigenvalue weighted by Gasteiger charge is -2.52. The van der Waals surface area contributed by atoms with Crippen molar-refractivity contribution < 1.29 is 72.6 Å². The number of esters is 2. The maximum Gasteiger partial charge on any atom is 0.355 e. The summed E-state index contributed by atoms with van der Waals surface area (Å²) < 4.78 is 25.4. The molecule has 0 radical (unpaired) electrons. The van der Waals surface area contributed by atoms with Gasteiger partial charge >= 0.3 is 11.9 Å². The number of primary amides is 1. The van der Waals surface area contributed by atoms with E-state index >= 15 is 0 Å². The number of ether oxygens (including phenoxy) is 4. The second-order valence-corrected chi connectivity index (χ2v) is 27.5. The molecule has 95 heavy (non-hydrogen) atoms. The fourth-order valence-electron chi connectivity index (χ4n) is 11.6. The van der Waals surface area contributed by atoms with E-state index in [1.54, 1.807) is 72.3 Å². The molecular weight excluding hydrogens is 1330 g/mol. The van der Waals surface area contributed by atoms with Gasteiger partial charge in [0.05, 0.1) is 41.3 Å². The van der Waals surface area contributed by atoms with Crippen LogP contribution in [0.2, 0.25) is 0 Å². The Labute approximate surface area is 560 Å². The lowest BCUT2D eigenvalue weighted by Crippen LogP contribution is -2.64. The van der Waals surface area contributed by atoms with Gasteiger partial charge in [0, 0.05) is 56.2 Å². The van der Waals surface area contributed by atoms with E-state index in [9.17, 15) is 53.7 Å². The number of thiazole rings is 5. The van der Waals surface area contributed by atoms with Gasteiger partial charge in [-0.25, -0.2) is 39.5 Å². The summed E-state index contributed by atoms with van der Waals surface area (Å²) >= 11 is 4.77. The number of likely N-dealkylation sites (N-methyl/N-ethyl adjacent to an activating group) is 1. The van der Waals surface area contributed by atoms with Gasteiger partial charge < -0.3 is 76.5 Å². The van der Waals surface area contributed by atoms with Crippen molar-refractivity contribution in [1.29, 1.82) is 0 Å². The summed E-state index contributed by atoms with van der Waals surface area (Å²) in [6.07, 6.45) is -2.81. The maximum atomic E-state index is 15.0. The number of fused-ring (bicyclic) bond motifs is 13. The Bertz CT molecular complexity index is 4450. The van der Waals surface area contributed by atoms with Gasteiger partial charge in [-0.15, -0.1) is 56.7 Å². The van der Waals surface area contributed by atoms with Crippen LogP contribution in [0, 0.1) is 6.92 Å². The van der Waals surface area contributed by atoms with Gasteiger partial charge in [-0.05, 0) is 78.9 Å². The van der Waals surface area contributed by atoms with Gasteiger partial charge in [0.25, 0.3) is 29.5 Å². The molecule has 6 amide bonds. The fraction of sp³-hybridized carbons (Fsp3) is 0.344. The molecular formula is C61H62N14O15S5. The standard InChI is InChI=1S/C61H62N14O15S5/c1-10-30-54-70-36(20-93-54)49(80)66-32-15-40(90-61(7)23-60(6,86)46(75(8)9)27(5)89-61)58(84)87-16-28-12-11-13-31-41(28)24(2)42(64-31)59(85)88-17-33(67-50(81)37-21-94-55(32)71-37)56-68-34(18-92-56)44-29(53-69-38(19-91-53)51(82)74-43(26(4)76)52(83)65-30)14-39(77)45(73-44)57-72-35(22-95-57)48(79)63-25(3)47(62)78/h10-14,18-22,26-27,32-33,40,43,46,64,76-77,86H,3,15-17,23H2,1-2,4-9H3,(H2,62,78)(H,63,79)(H,65,83)(H,66,80)(H,67,81)(H,74,82)/b30-10-/t26-,27+,32+,33+,40+,43+,46-,60+,61+/m1/s1. The molecule has 1 aromatic carbocycles.